The van der Waals surface area contributed by atoms with Gasteiger partial charge < -0.3 is 10.2 Å². The highest BCUT2D eigenvalue weighted by molar-refractivity contribution is 7.91. The van der Waals surface area contributed by atoms with E-state index in [1.807, 2.05) is 26.0 Å². The molecule has 1 aromatic heterocycles. The van der Waals surface area contributed by atoms with E-state index >= 15 is 0 Å². The number of pyridine rings is 1. The monoisotopic (exact) mass is 373 g/mol. The standard InChI is InChI=1S/C19H23N3O3S/c1-13-8-14(2)10-16(9-13)21-15-4-5-18(20-11-15)19(23)22(3)17-6-7-26(24,25)12-17/h4-5,8-11,17,21H,6-7,12H2,1-3H3. The fraction of sp³-hybridized carbons (Fsp3) is 0.368. The van der Waals surface area contributed by atoms with E-state index in [0.29, 0.717) is 12.1 Å². The third-order valence-corrected chi connectivity index (χ3v) is 6.32. The molecule has 0 aliphatic carbocycles. The SMILES string of the molecule is Cc1cc(C)cc(Nc2ccc(C(=O)N(C)C3CCS(=O)(=O)C3)nc2)c1. The Balaban J connectivity index is 1.69. The summed E-state index contributed by atoms with van der Waals surface area (Å²) < 4.78 is 23.2. The smallest absolute Gasteiger partial charge is 0.272 e. The number of nitrogens with one attached hydrogen (secondary N) is 1. The van der Waals surface area contributed by atoms with Crippen LogP contribution in [0.4, 0.5) is 11.4 Å². The number of rotatable bonds is 4. The van der Waals surface area contributed by atoms with Gasteiger partial charge in [-0.05, 0) is 55.7 Å². The molecule has 1 amide bonds. The minimum atomic E-state index is -3.03. The van der Waals surface area contributed by atoms with Crippen molar-refractivity contribution in [3.8, 4) is 0 Å². The maximum absolute atomic E-state index is 12.5. The molecule has 2 aromatic rings. The molecule has 0 saturated carbocycles. The summed E-state index contributed by atoms with van der Waals surface area (Å²) in [5.74, 6) is -0.0895. The Kier molecular flexibility index (Phi) is 5.00. The summed E-state index contributed by atoms with van der Waals surface area (Å²) in [6.07, 6.45) is 2.10. The molecular weight excluding hydrogens is 350 g/mol. The molecule has 7 heteroatoms. The van der Waals surface area contributed by atoms with Gasteiger partial charge in [0.1, 0.15) is 5.69 Å². The number of hydrogen-bond donors (Lipinski definition) is 1. The second-order valence-corrected chi connectivity index (χ2v) is 9.14. The Morgan fingerprint density at radius 3 is 2.38 bits per heavy atom. The van der Waals surface area contributed by atoms with Crippen LogP contribution in [0.25, 0.3) is 0 Å². The van der Waals surface area contributed by atoms with Gasteiger partial charge in [0, 0.05) is 18.8 Å². The zero-order valence-corrected chi connectivity index (χ0v) is 16.0. The van der Waals surface area contributed by atoms with Gasteiger partial charge in [-0.2, -0.15) is 0 Å². The largest absolute Gasteiger partial charge is 0.354 e. The van der Waals surface area contributed by atoms with Gasteiger partial charge in [-0.25, -0.2) is 13.4 Å². The van der Waals surface area contributed by atoms with E-state index in [1.54, 1.807) is 25.4 Å². The Hall–Kier alpha value is -2.41. The Labute approximate surface area is 154 Å². The molecule has 26 heavy (non-hydrogen) atoms. The van der Waals surface area contributed by atoms with Crippen LogP contribution in [-0.2, 0) is 9.84 Å². The summed E-state index contributed by atoms with van der Waals surface area (Å²) in [5, 5.41) is 3.28. The lowest BCUT2D eigenvalue weighted by Crippen LogP contribution is -2.38. The zero-order valence-electron chi connectivity index (χ0n) is 15.2. The van der Waals surface area contributed by atoms with Gasteiger partial charge in [0.2, 0.25) is 0 Å². The molecule has 1 saturated heterocycles. The first-order valence-corrected chi connectivity index (χ1v) is 10.3. The Morgan fingerprint density at radius 1 is 1.15 bits per heavy atom. The molecule has 3 rings (SSSR count). The highest BCUT2D eigenvalue weighted by Gasteiger charge is 2.33. The van der Waals surface area contributed by atoms with E-state index in [4.69, 9.17) is 0 Å². The van der Waals surface area contributed by atoms with E-state index in [9.17, 15) is 13.2 Å². The fourth-order valence-corrected chi connectivity index (χ4v) is 5.01. The van der Waals surface area contributed by atoms with Crippen LogP contribution in [0, 0.1) is 13.8 Å². The predicted molar refractivity (Wildman–Crippen MR) is 103 cm³/mol. The van der Waals surface area contributed by atoms with Crippen LogP contribution < -0.4 is 5.32 Å². The summed E-state index contributed by atoms with van der Waals surface area (Å²) in [6.45, 7) is 4.08. The number of carbonyl (C=O) groups is 1. The number of aromatic nitrogens is 1. The van der Waals surface area contributed by atoms with Crippen LogP contribution in [0.2, 0.25) is 0 Å². The van der Waals surface area contributed by atoms with Crippen molar-refractivity contribution in [1.82, 2.24) is 9.88 Å². The van der Waals surface area contributed by atoms with E-state index in [1.165, 1.54) is 16.0 Å². The average molecular weight is 373 g/mol. The average Bonchev–Trinajstić information content (AvgIpc) is 2.93. The summed E-state index contributed by atoms with van der Waals surface area (Å²) in [4.78, 5) is 18.3. The van der Waals surface area contributed by atoms with Crippen LogP contribution in [0.15, 0.2) is 36.5 Å². The predicted octanol–water partition coefficient (Wildman–Crippen LogP) is 2.70. The molecule has 1 aliphatic heterocycles. The number of sulfone groups is 1. The van der Waals surface area contributed by atoms with Gasteiger partial charge in [0.15, 0.2) is 9.84 Å². The van der Waals surface area contributed by atoms with Crippen molar-refractivity contribution in [3.63, 3.8) is 0 Å². The van der Waals surface area contributed by atoms with Gasteiger partial charge in [0.05, 0.1) is 23.4 Å². The number of aryl methyl sites for hydroxylation is 2. The van der Waals surface area contributed by atoms with Crippen molar-refractivity contribution in [3.05, 3.63) is 53.3 Å². The number of hydrogen-bond acceptors (Lipinski definition) is 5. The van der Waals surface area contributed by atoms with Crippen molar-refractivity contribution >= 4 is 27.1 Å². The minimum Gasteiger partial charge on any atom is -0.354 e. The number of benzene rings is 1. The Morgan fingerprint density at radius 2 is 1.85 bits per heavy atom. The first-order chi connectivity index (χ1) is 12.2. The third kappa shape index (κ3) is 4.22. The molecule has 1 N–H and O–H groups in total. The van der Waals surface area contributed by atoms with Crippen molar-refractivity contribution in [1.29, 1.82) is 0 Å². The minimum absolute atomic E-state index is 0.0294. The third-order valence-electron chi connectivity index (χ3n) is 4.57. The highest BCUT2D eigenvalue weighted by Crippen LogP contribution is 2.21. The number of anilines is 2. The second-order valence-electron chi connectivity index (χ2n) is 6.91. The molecule has 1 fully saturated rings. The van der Waals surface area contributed by atoms with Gasteiger partial charge >= 0.3 is 0 Å². The fourth-order valence-electron chi connectivity index (χ4n) is 3.24. The number of nitrogens with zero attached hydrogens (tertiary/aromatic N) is 2. The van der Waals surface area contributed by atoms with E-state index in [0.717, 1.165) is 11.4 Å². The van der Waals surface area contributed by atoms with E-state index in [2.05, 4.69) is 16.4 Å². The molecule has 6 nitrogen and oxygen atoms in total. The molecule has 0 bridgehead atoms. The molecule has 1 atom stereocenters. The molecule has 0 radical (unpaired) electrons. The van der Waals surface area contributed by atoms with Crippen LogP contribution in [0.1, 0.15) is 28.0 Å². The number of carbonyl (C=O) groups excluding carboxylic acids is 1. The van der Waals surface area contributed by atoms with E-state index < -0.39 is 9.84 Å². The first kappa shape index (κ1) is 18.4. The molecular formula is C19H23N3O3S. The molecule has 138 valence electrons. The summed E-state index contributed by atoms with van der Waals surface area (Å²) in [5.41, 5.74) is 4.40. The summed E-state index contributed by atoms with van der Waals surface area (Å²) in [6, 6.07) is 9.37. The van der Waals surface area contributed by atoms with Crippen molar-refractivity contribution in [2.45, 2.75) is 26.3 Å². The highest BCUT2D eigenvalue weighted by atomic mass is 32.2. The summed E-state index contributed by atoms with van der Waals surface area (Å²) >= 11 is 0. The maximum atomic E-state index is 12.5. The van der Waals surface area contributed by atoms with Gasteiger partial charge in [-0.15, -0.1) is 0 Å². The van der Waals surface area contributed by atoms with Crippen LogP contribution in [0.3, 0.4) is 0 Å². The molecule has 1 unspecified atom stereocenters. The van der Waals surface area contributed by atoms with Crippen molar-refractivity contribution < 1.29 is 13.2 Å². The van der Waals surface area contributed by atoms with Crippen LogP contribution in [-0.4, -0.2) is 48.8 Å². The van der Waals surface area contributed by atoms with Gasteiger partial charge in [-0.3, -0.25) is 4.79 Å². The molecule has 1 aromatic carbocycles. The first-order valence-electron chi connectivity index (χ1n) is 8.52. The maximum Gasteiger partial charge on any atom is 0.272 e. The van der Waals surface area contributed by atoms with E-state index in [-0.39, 0.29) is 23.5 Å². The second kappa shape index (κ2) is 7.07. The molecule has 1 aliphatic rings. The molecule has 0 spiro atoms. The van der Waals surface area contributed by atoms with Crippen molar-refractivity contribution in [2.24, 2.45) is 0 Å². The Bertz CT molecular complexity index is 903. The normalized spacial score (nSPS) is 18.5. The number of amides is 1. The lowest BCUT2D eigenvalue weighted by atomic mass is 10.1. The molecule has 2 heterocycles. The lowest BCUT2D eigenvalue weighted by molar-refractivity contribution is 0.0742. The summed E-state index contributed by atoms with van der Waals surface area (Å²) in [7, 11) is -1.39. The van der Waals surface area contributed by atoms with Crippen LogP contribution in [0.5, 0.6) is 0 Å². The zero-order chi connectivity index (χ0) is 18.9. The lowest BCUT2D eigenvalue weighted by Gasteiger charge is -2.23. The van der Waals surface area contributed by atoms with Crippen LogP contribution >= 0.6 is 0 Å². The van der Waals surface area contributed by atoms with Gasteiger partial charge in [-0.1, -0.05) is 6.07 Å². The topological polar surface area (TPSA) is 79.4 Å². The van der Waals surface area contributed by atoms with Crippen molar-refractivity contribution in [2.75, 3.05) is 23.9 Å². The van der Waals surface area contributed by atoms with Gasteiger partial charge in [0.25, 0.3) is 5.91 Å². The quantitative estimate of drug-likeness (QED) is 0.891.